The molecule has 1 N–H and O–H groups in total. The molecule has 1 amide bonds. The van der Waals surface area contributed by atoms with Gasteiger partial charge < -0.3 is 10.2 Å². The van der Waals surface area contributed by atoms with Crippen LogP contribution >= 0.6 is 11.6 Å². The van der Waals surface area contributed by atoms with E-state index in [0.29, 0.717) is 22.5 Å². The van der Waals surface area contributed by atoms with Gasteiger partial charge in [-0.15, -0.1) is 0 Å². The lowest BCUT2D eigenvalue weighted by molar-refractivity contribution is -0.141. The SMILES string of the molecule is CCN(CC)c1ccc(NC(=O)c2ccc(-c3cc(C(F)(F)F)nn3-c3ccccc3Cl)cc2)cc1. The second-order valence-electron chi connectivity index (χ2n) is 8.03. The first kappa shape index (κ1) is 25.3. The first-order chi connectivity index (χ1) is 17.2. The molecule has 5 nitrogen and oxygen atoms in total. The number of hydrogen-bond donors (Lipinski definition) is 1. The number of halogens is 4. The minimum Gasteiger partial charge on any atom is -0.372 e. The number of nitrogens with zero attached hydrogens (tertiary/aromatic N) is 3. The molecular weight excluding hydrogens is 489 g/mol. The first-order valence-corrected chi connectivity index (χ1v) is 11.8. The average Bonchev–Trinajstić information content (AvgIpc) is 3.32. The Hall–Kier alpha value is -3.78. The molecule has 1 aromatic heterocycles. The van der Waals surface area contributed by atoms with E-state index in [2.05, 4.69) is 29.2 Å². The Kier molecular flexibility index (Phi) is 7.35. The standard InChI is InChI=1S/C27H24ClF3N4O/c1-3-34(4-2)21-15-13-20(14-16-21)32-26(36)19-11-9-18(10-12-19)24-17-25(27(29,30)31)33-35(24)23-8-6-5-7-22(23)28/h5-17H,3-4H2,1-2H3,(H,32,36). The van der Waals surface area contributed by atoms with Crippen molar-refractivity contribution < 1.29 is 18.0 Å². The highest BCUT2D eigenvalue weighted by Gasteiger charge is 2.35. The van der Waals surface area contributed by atoms with Crippen molar-refractivity contribution in [1.29, 1.82) is 0 Å². The molecular formula is C27H24ClF3N4O. The van der Waals surface area contributed by atoms with Crippen molar-refractivity contribution in [1.82, 2.24) is 9.78 Å². The average molecular weight is 513 g/mol. The highest BCUT2D eigenvalue weighted by Crippen LogP contribution is 2.34. The maximum absolute atomic E-state index is 13.4. The van der Waals surface area contributed by atoms with E-state index in [1.54, 1.807) is 48.5 Å². The third-order valence-electron chi connectivity index (χ3n) is 5.78. The summed E-state index contributed by atoms with van der Waals surface area (Å²) in [5.74, 6) is -0.326. The number of aromatic nitrogens is 2. The lowest BCUT2D eigenvalue weighted by atomic mass is 10.1. The van der Waals surface area contributed by atoms with Gasteiger partial charge in [-0.25, -0.2) is 4.68 Å². The number of carbonyl (C=O) groups excluding carboxylic acids is 1. The van der Waals surface area contributed by atoms with E-state index < -0.39 is 11.9 Å². The number of para-hydroxylation sites is 1. The molecule has 0 unspecified atom stereocenters. The summed E-state index contributed by atoms with van der Waals surface area (Å²) < 4.78 is 41.5. The van der Waals surface area contributed by atoms with Crippen LogP contribution in [0.25, 0.3) is 16.9 Å². The van der Waals surface area contributed by atoms with E-state index in [9.17, 15) is 18.0 Å². The largest absolute Gasteiger partial charge is 0.435 e. The van der Waals surface area contributed by atoms with Gasteiger partial charge in [0.1, 0.15) is 0 Å². The number of carbonyl (C=O) groups is 1. The monoisotopic (exact) mass is 512 g/mol. The molecule has 0 aliphatic carbocycles. The highest BCUT2D eigenvalue weighted by molar-refractivity contribution is 6.32. The van der Waals surface area contributed by atoms with Crippen LogP contribution in [0.3, 0.4) is 0 Å². The number of benzene rings is 3. The maximum Gasteiger partial charge on any atom is 0.435 e. The summed E-state index contributed by atoms with van der Waals surface area (Å²) >= 11 is 6.23. The van der Waals surface area contributed by atoms with Crippen molar-refractivity contribution in [3.63, 3.8) is 0 Å². The Morgan fingerprint density at radius 3 is 2.19 bits per heavy atom. The minimum atomic E-state index is -4.62. The molecule has 0 bridgehead atoms. The van der Waals surface area contributed by atoms with Gasteiger partial charge in [0.2, 0.25) is 0 Å². The van der Waals surface area contributed by atoms with Crippen LogP contribution in [-0.2, 0) is 6.18 Å². The molecule has 0 atom stereocenters. The third kappa shape index (κ3) is 5.39. The van der Waals surface area contributed by atoms with Crippen molar-refractivity contribution >= 4 is 28.9 Å². The molecule has 186 valence electrons. The molecule has 9 heteroatoms. The minimum absolute atomic E-state index is 0.203. The van der Waals surface area contributed by atoms with Crippen molar-refractivity contribution in [2.75, 3.05) is 23.3 Å². The van der Waals surface area contributed by atoms with Crippen LogP contribution in [0.5, 0.6) is 0 Å². The zero-order chi connectivity index (χ0) is 25.9. The molecule has 4 rings (SSSR count). The van der Waals surface area contributed by atoms with E-state index in [4.69, 9.17) is 11.6 Å². The van der Waals surface area contributed by atoms with Gasteiger partial charge in [-0.3, -0.25) is 4.79 Å². The fourth-order valence-electron chi connectivity index (χ4n) is 3.87. The molecule has 0 saturated carbocycles. The molecule has 0 aliphatic rings. The van der Waals surface area contributed by atoms with E-state index in [1.807, 2.05) is 24.3 Å². The van der Waals surface area contributed by atoms with Crippen LogP contribution in [0.15, 0.2) is 78.9 Å². The lowest BCUT2D eigenvalue weighted by Gasteiger charge is -2.21. The lowest BCUT2D eigenvalue weighted by Crippen LogP contribution is -2.21. The zero-order valence-corrected chi connectivity index (χ0v) is 20.4. The number of nitrogens with one attached hydrogen (secondary N) is 1. The quantitative estimate of drug-likeness (QED) is 0.282. The van der Waals surface area contributed by atoms with Gasteiger partial charge in [-0.05, 0) is 68.4 Å². The number of anilines is 2. The summed E-state index contributed by atoms with van der Waals surface area (Å²) in [6.45, 7) is 5.92. The van der Waals surface area contributed by atoms with Crippen molar-refractivity contribution in [3.8, 4) is 16.9 Å². The van der Waals surface area contributed by atoms with Gasteiger partial charge in [0.05, 0.1) is 16.4 Å². The van der Waals surface area contributed by atoms with E-state index >= 15 is 0 Å². The smallest absolute Gasteiger partial charge is 0.372 e. The van der Waals surface area contributed by atoms with Crippen LogP contribution in [0.4, 0.5) is 24.5 Å². The molecule has 36 heavy (non-hydrogen) atoms. The molecule has 0 fully saturated rings. The molecule has 3 aromatic carbocycles. The fourth-order valence-corrected chi connectivity index (χ4v) is 4.09. The third-order valence-corrected chi connectivity index (χ3v) is 6.10. The summed E-state index contributed by atoms with van der Waals surface area (Å²) in [6.07, 6.45) is -4.62. The van der Waals surface area contributed by atoms with Crippen molar-refractivity contribution in [2.24, 2.45) is 0 Å². The van der Waals surface area contributed by atoms with E-state index in [0.717, 1.165) is 29.5 Å². The van der Waals surface area contributed by atoms with Gasteiger partial charge in [0, 0.05) is 35.6 Å². The van der Waals surface area contributed by atoms with Crippen molar-refractivity contribution in [2.45, 2.75) is 20.0 Å². The molecule has 0 radical (unpaired) electrons. The van der Waals surface area contributed by atoms with Gasteiger partial charge in [-0.2, -0.15) is 18.3 Å². The first-order valence-electron chi connectivity index (χ1n) is 11.4. The highest BCUT2D eigenvalue weighted by atomic mass is 35.5. The van der Waals surface area contributed by atoms with Crippen LogP contribution in [0, 0.1) is 0 Å². The van der Waals surface area contributed by atoms with Crippen molar-refractivity contribution in [3.05, 3.63) is 95.1 Å². The topological polar surface area (TPSA) is 50.2 Å². The summed E-state index contributed by atoms with van der Waals surface area (Å²) in [5, 5.41) is 6.87. The second-order valence-corrected chi connectivity index (χ2v) is 8.43. The molecule has 1 heterocycles. The summed E-state index contributed by atoms with van der Waals surface area (Å²) in [5.41, 5.74) is 2.02. The van der Waals surface area contributed by atoms with E-state index in [-0.39, 0.29) is 16.6 Å². The van der Waals surface area contributed by atoms with Crippen LogP contribution in [-0.4, -0.2) is 28.8 Å². The molecule has 4 aromatic rings. The predicted molar refractivity (Wildman–Crippen MR) is 137 cm³/mol. The normalized spacial score (nSPS) is 11.4. The van der Waals surface area contributed by atoms with Gasteiger partial charge in [0.25, 0.3) is 5.91 Å². The van der Waals surface area contributed by atoms with Crippen LogP contribution in [0.2, 0.25) is 5.02 Å². The Morgan fingerprint density at radius 2 is 1.61 bits per heavy atom. The summed E-state index contributed by atoms with van der Waals surface area (Å²) in [4.78, 5) is 15.0. The second kappa shape index (κ2) is 10.5. The Labute approximate surface area is 212 Å². The Balaban J connectivity index is 1.59. The zero-order valence-electron chi connectivity index (χ0n) is 19.7. The molecule has 0 spiro atoms. The fraction of sp³-hybridized carbons (Fsp3) is 0.185. The van der Waals surface area contributed by atoms with Gasteiger partial charge in [-0.1, -0.05) is 35.9 Å². The van der Waals surface area contributed by atoms with Crippen LogP contribution < -0.4 is 10.2 Å². The number of hydrogen-bond acceptors (Lipinski definition) is 3. The molecule has 0 saturated heterocycles. The maximum atomic E-state index is 13.4. The molecule has 0 aliphatic heterocycles. The number of alkyl halides is 3. The summed E-state index contributed by atoms with van der Waals surface area (Å²) in [7, 11) is 0. The van der Waals surface area contributed by atoms with Gasteiger partial charge in [0.15, 0.2) is 5.69 Å². The Morgan fingerprint density at radius 1 is 0.972 bits per heavy atom. The Bertz CT molecular complexity index is 1340. The number of amides is 1. The van der Waals surface area contributed by atoms with Gasteiger partial charge >= 0.3 is 6.18 Å². The van der Waals surface area contributed by atoms with E-state index in [1.165, 1.54) is 0 Å². The van der Waals surface area contributed by atoms with Crippen LogP contribution in [0.1, 0.15) is 29.9 Å². The summed E-state index contributed by atoms with van der Waals surface area (Å²) in [6, 6.07) is 21.3. The predicted octanol–water partition coefficient (Wildman–Crippen LogP) is 7.31. The number of rotatable bonds is 7.